The Balaban J connectivity index is 2.33. The zero-order valence-electron chi connectivity index (χ0n) is 14.7. The summed E-state index contributed by atoms with van der Waals surface area (Å²) in [5.41, 5.74) is 0. The number of guanidine groups is 1. The number of hydrogen-bond acceptors (Lipinski definition) is 3. The van der Waals surface area contributed by atoms with Gasteiger partial charge in [0.2, 0.25) is 5.91 Å². The smallest absolute Gasteiger partial charge is 0.221 e. The number of nitrogens with one attached hydrogen (secondary N) is 3. The maximum Gasteiger partial charge on any atom is 0.221 e. The first-order valence-electron chi connectivity index (χ1n) is 8.71. The van der Waals surface area contributed by atoms with E-state index >= 15 is 0 Å². The van der Waals surface area contributed by atoms with Gasteiger partial charge in [0.05, 0.1) is 0 Å². The lowest BCUT2D eigenvalue weighted by Gasteiger charge is -2.30. The van der Waals surface area contributed by atoms with Gasteiger partial charge in [0.25, 0.3) is 0 Å². The zero-order valence-corrected chi connectivity index (χ0v) is 15.5. The Morgan fingerprint density at radius 2 is 2.00 bits per heavy atom. The average molecular weight is 345 g/mol. The van der Waals surface area contributed by atoms with Crippen LogP contribution in [0.5, 0.6) is 0 Å². The molecule has 1 aliphatic carbocycles. The Kier molecular flexibility index (Phi) is 9.91. The van der Waals surface area contributed by atoms with Crippen LogP contribution < -0.4 is 16.0 Å². The quantitative estimate of drug-likeness (QED) is 0.456. The molecule has 134 valence electrons. The highest BCUT2D eigenvalue weighted by atomic mass is 32.2. The fourth-order valence-electron chi connectivity index (χ4n) is 2.79. The van der Waals surface area contributed by atoms with Crippen molar-refractivity contribution in [2.24, 2.45) is 4.99 Å². The van der Waals surface area contributed by atoms with Gasteiger partial charge < -0.3 is 16.0 Å². The molecular formula is C16H32N4O2S. The lowest BCUT2D eigenvalue weighted by atomic mass is 9.95. The van der Waals surface area contributed by atoms with Gasteiger partial charge in [-0.25, -0.2) is 0 Å². The van der Waals surface area contributed by atoms with E-state index < -0.39 is 10.8 Å². The molecule has 1 fully saturated rings. The maximum atomic E-state index is 12.0. The molecule has 1 rings (SSSR count). The van der Waals surface area contributed by atoms with Gasteiger partial charge >= 0.3 is 0 Å². The van der Waals surface area contributed by atoms with Crippen molar-refractivity contribution < 1.29 is 9.00 Å². The molecule has 3 atom stereocenters. The summed E-state index contributed by atoms with van der Waals surface area (Å²) in [7, 11) is 1.01. The van der Waals surface area contributed by atoms with Gasteiger partial charge in [0, 0.05) is 54.4 Å². The van der Waals surface area contributed by atoms with Crippen LogP contribution in [0.15, 0.2) is 4.99 Å². The van der Waals surface area contributed by atoms with Crippen LogP contribution in [0, 0.1) is 0 Å². The van der Waals surface area contributed by atoms with Crippen LogP contribution >= 0.6 is 0 Å². The second-order valence-corrected chi connectivity index (χ2v) is 7.90. The van der Waals surface area contributed by atoms with Crippen LogP contribution in [-0.2, 0) is 15.6 Å². The molecule has 0 bridgehead atoms. The van der Waals surface area contributed by atoms with Crippen molar-refractivity contribution in [3.8, 4) is 0 Å². The SMILES string of the molecule is CCCNC(=O)CCNC(=NC)NC1CCCC(S(=O)CC)C1. The summed E-state index contributed by atoms with van der Waals surface area (Å²) in [6.45, 7) is 5.31. The van der Waals surface area contributed by atoms with Gasteiger partial charge in [-0.15, -0.1) is 0 Å². The number of rotatable bonds is 8. The van der Waals surface area contributed by atoms with Gasteiger partial charge in [-0.1, -0.05) is 20.3 Å². The molecule has 7 heteroatoms. The van der Waals surface area contributed by atoms with Crippen LogP contribution in [0.4, 0.5) is 0 Å². The third-order valence-electron chi connectivity index (χ3n) is 4.06. The Labute approximate surface area is 142 Å². The predicted molar refractivity (Wildman–Crippen MR) is 97.1 cm³/mol. The Hall–Kier alpha value is -1.11. The fraction of sp³-hybridized carbons (Fsp3) is 0.875. The summed E-state index contributed by atoms with van der Waals surface area (Å²) < 4.78 is 12.0. The van der Waals surface area contributed by atoms with E-state index in [1.54, 1.807) is 7.05 Å². The molecule has 0 aromatic heterocycles. The standard InChI is InChI=1S/C16H32N4O2S/c1-4-10-18-15(21)9-11-19-16(17-3)20-13-7-6-8-14(12-13)23(22)5-2/h13-14H,4-12H2,1-3H3,(H,18,21)(H2,17,19,20). The Morgan fingerprint density at radius 3 is 2.65 bits per heavy atom. The van der Waals surface area contributed by atoms with Crippen molar-refractivity contribution in [1.29, 1.82) is 0 Å². The van der Waals surface area contributed by atoms with Crippen LogP contribution in [-0.4, -0.2) is 53.3 Å². The van der Waals surface area contributed by atoms with Crippen LogP contribution in [0.1, 0.15) is 52.4 Å². The van der Waals surface area contributed by atoms with Crippen LogP contribution in [0.3, 0.4) is 0 Å². The van der Waals surface area contributed by atoms with E-state index in [4.69, 9.17) is 0 Å². The summed E-state index contributed by atoms with van der Waals surface area (Å²) in [5, 5.41) is 9.74. The minimum Gasteiger partial charge on any atom is -0.356 e. The zero-order chi connectivity index (χ0) is 17.1. The van der Waals surface area contributed by atoms with Crippen molar-refractivity contribution in [1.82, 2.24) is 16.0 Å². The highest BCUT2D eigenvalue weighted by molar-refractivity contribution is 7.85. The van der Waals surface area contributed by atoms with E-state index in [9.17, 15) is 9.00 Å². The van der Waals surface area contributed by atoms with E-state index in [2.05, 4.69) is 20.9 Å². The molecule has 0 saturated heterocycles. The molecule has 6 nitrogen and oxygen atoms in total. The molecule has 3 unspecified atom stereocenters. The van der Waals surface area contributed by atoms with Gasteiger partial charge in [-0.3, -0.25) is 14.0 Å². The first-order chi connectivity index (χ1) is 11.1. The van der Waals surface area contributed by atoms with Gasteiger partial charge in [0.1, 0.15) is 0 Å². The highest BCUT2D eigenvalue weighted by Gasteiger charge is 2.25. The summed E-state index contributed by atoms with van der Waals surface area (Å²) in [6.07, 6.45) is 5.55. The van der Waals surface area contributed by atoms with E-state index in [-0.39, 0.29) is 5.91 Å². The van der Waals surface area contributed by atoms with Crippen molar-refractivity contribution in [2.45, 2.75) is 63.7 Å². The molecule has 3 N–H and O–H groups in total. The Bertz CT molecular complexity index is 415. The largest absolute Gasteiger partial charge is 0.356 e. The van der Waals surface area contributed by atoms with Crippen LogP contribution in [0.2, 0.25) is 0 Å². The van der Waals surface area contributed by atoms with Crippen molar-refractivity contribution in [2.75, 3.05) is 25.9 Å². The normalized spacial score (nSPS) is 23.2. The minimum atomic E-state index is -0.719. The summed E-state index contributed by atoms with van der Waals surface area (Å²) >= 11 is 0. The molecule has 0 spiro atoms. The number of nitrogens with zero attached hydrogens (tertiary/aromatic N) is 1. The van der Waals surface area contributed by atoms with E-state index in [0.717, 1.165) is 50.4 Å². The number of carbonyl (C=O) groups excluding carboxylic acids is 1. The monoisotopic (exact) mass is 344 g/mol. The van der Waals surface area contributed by atoms with Gasteiger partial charge in [-0.05, 0) is 25.7 Å². The van der Waals surface area contributed by atoms with Gasteiger partial charge in [0.15, 0.2) is 5.96 Å². The predicted octanol–water partition coefficient (Wildman–Crippen LogP) is 1.15. The number of amides is 1. The van der Waals surface area contributed by atoms with Crippen LogP contribution in [0.25, 0.3) is 0 Å². The summed E-state index contributed by atoms with van der Waals surface area (Å²) in [5.74, 6) is 1.52. The lowest BCUT2D eigenvalue weighted by molar-refractivity contribution is -0.120. The first kappa shape index (κ1) is 19.9. The molecule has 23 heavy (non-hydrogen) atoms. The van der Waals surface area contributed by atoms with E-state index in [1.165, 1.54) is 0 Å². The molecule has 1 amide bonds. The number of carbonyl (C=O) groups is 1. The molecule has 1 saturated carbocycles. The molecule has 0 aromatic rings. The number of aliphatic imine (C=N–C) groups is 1. The topological polar surface area (TPSA) is 82.6 Å². The third-order valence-corrected chi connectivity index (χ3v) is 5.80. The number of hydrogen-bond donors (Lipinski definition) is 3. The molecule has 1 aliphatic rings. The highest BCUT2D eigenvalue weighted by Crippen LogP contribution is 2.22. The average Bonchev–Trinajstić information content (AvgIpc) is 2.58. The molecule has 0 aliphatic heterocycles. The van der Waals surface area contributed by atoms with Crippen molar-refractivity contribution in [3.05, 3.63) is 0 Å². The minimum absolute atomic E-state index is 0.0610. The third kappa shape index (κ3) is 7.81. The molecule has 0 radical (unpaired) electrons. The van der Waals surface area contributed by atoms with Gasteiger partial charge in [-0.2, -0.15) is 0 Å². The molecule has 0 heterocycles. The van der Waals surface area contributed by atoms with E-state index in [1.807, 2.05) is 13.8 Å². The second kappa shape index (κ2) is 11.4. The van der Waals surface area contributed by atoms with Crippen molar-refractivity contribution >= 4 is 22.7 Å². The molecule has 0 aromatic carbocycles. The first-order valence-corrected chi connectivity index (χ1v) is 10.1. The summed E-state index contributed by atoms with van der Waals surface area (Å²) in [4.78, 5) is 15.8. The Morgan fingerprint density at radius 1 is 1.22 bits per heavy atom. The second-order valence-electron chi connectivity index (χ2n) is 5.90. The lowest BCUT2D eigenvalue weighted by Crippen LogP contribution is -2.47. The summed E-state index contributed by atoms with van der Waals surface area (Å²) in [6, 6.07) is 0.310. The fourth-order valence-corrected chi connectivity index (χ4v) is 4.13. The van der Waals surface area contributed by atoms with E-state index in [0.29, 0.717) is 24.3 Å². The van der Waals surface area contributed by atoms with Crippen molar-refractivity contribution in [3.63, 3.8) is 0 Å². The molecular weight excluding hydrogens is 312 g/mol. The maximum absolute atomic E-state index is 12.0.